The van der Waals surface area contributed by atoms with Crippen LogP contribution in [-0.2, 0) is 6.42 Å². The largest absolute Gasteiger partial charge is 0.369 e. The van der Waals surface area contributed by atoms with Gasteiger partial charge in [-0.15, -0.1) is 0 Å². The highest BCUT2D eigenvalue weighted by molar-refractivity contribution is 5.71. The summed E-state index contributed by atoms with van der Waals surface area (Å²) < 4.78 is 0. The van der Waals surface area contributed by atoms with E-state index in [9.17, 15) is 0 Å². The van der Waals surface area contributed by atoms with Gasteiger partial charge >= 0.3 is 0 Å². The van der Waals surface area contributed by atoms with Crippen molar-refractivity contribution in [1.29, 1.82) is 0 Å². The van der Waals surface area contributed by atoms with Gasteiger partial charge in [0.05, 0.1) is 0 Å². The van der Waals surface area contributed by atoms with Crippen LogP contribution in [-0.4, -0.2) is 12.6 Å². The lowest BCUT2D eigenvalue weighted by molar-refractivity contribution is 0.626. The smallest absolute Gasteiger partial charge is 0.0407 e. The van der Waals surface area contributed by atoms with Crippen molar-refractivity contribution in [2.24, 2.45) is 0 Å². The first-order chi connectivity index (χ1) is 9.65. The van der Waals surface area contributed by atoms with Gasteiger partial charge in [0.2, 0.25) is 0 Å². The van der Waals surface area contributed by atoms with Crippen molar-refractivity contribution < 1.29 is 0 Å². The molecule has 0 N–H and O–H groups in total. The summed E-state index contributed by atoms with van der Waals surface area (Å²) >= 11 is 0. The van der Waals surface area contributed by atoms with E-state index in [1.807, 2.05) is 0 Å². The van der Waals surface area contributed by atoms with Crippen LogP contribution in [0.2, 0.25) is 0 Å². The van der Waals surface area contributed by atoms with Gasteiger partial charge in [0.1, 0.15) is 0 Å². The fourth-order valence-electron chi connectivity index (χ4n) is 3.06. The van der Waals surface area contributed by atoms with Crippen molar-refractivity contribution in [3.8, 4) is 11.1 Å². The Morgan fingerprint density at radius 1 is 0.950 bits per heavy atom. The highest BCUT2D eigenvalue weighted by Gasteiger charge is 2.19. The van der Waals surface area contributed by atoms with Crippen LogP contribution >= 0.6 is 0 Å². The molecule has 1 nitrogen and oxygen atoms in total. The molecule has 0 atom stereocenters. The van der Waals surface area contributed by atoms with Crippen molar-refractivity contribution in [3.63, 3.8) is 0 Å². The van der Waals surface area contributed by atoms with Crippen molar-refractivity contribution in [3.05, 3.63) is 53.6 Å². The summed E-state index contributed by atoms with van der Waals surface area (Å²) in [6, 6.07) is 16.4. The zero-order valence-corrected chi connectivity index (χ0v) is 12.7. The van der Waals surface area contributed by atoms with E-state index in [0.717, 1.165) is 0 Å². The SMILES string of the molecule is Cc1ccc(-c2ccc3c(c2)N(C(C)C)CCC3)cc1. The Labute approximate surface area is 122 Å². The second-order valence-corrected chi connectivity index (χ2v) is 6.10. The third kappa shape index (κ3) is 2.45. The zero-order chi connectivity index (χ0) is 14.1. The van der Waals surface area contributed by atoms with Gasteiger partial charge in [0, 0.05) is 18.3 Å². The van der Waals surface area contributed by atoms with Crippen LogP contribution in [0.1, 0.15) is 31.4 Å². The fourth-order valence-corrected chi connectivity index (χ4v) is 3.06. The lowest BCUT2D eigenvalue weighted by atomic mass is 9.95. The average Bonchev–Trinajstić information content (AvgIpc) is 2.46. The van der Waals surface area contributed by atoms with Gasteiger partial charge in [0.15, 0.2) is 0 Å². The molecule has 2 aromatic rings. The van der Waals surface area contributed by atoms with Crippen molar-refractivity contribution in [1.82, 2.24) is 0 Å². The lowest BCUT2D eigenvalue weighted by Gasteiger charge is -2.35. The molecule has 0 radical (unpaired) electrons. The molecule has 1 aliphatic heterocycles. The standard InChI is InChI=1S/C19H23N/c1-14(2)20-12-4-5-17-10-11-18(13-19(17)20)16-8-6-15(3)7-9-16/h6-11,13-14H,4-5,12H2,1-3H3. The molecule has 0 fully saturated rings. The van der Waals surface area contributed by atoms with E-state index in [1.165, 1.54) is 47.3 Å². The van der Waals surface area contributed by atoms with Crippen molar-refractivity contribution in [2.45, 2.75) is 39.7 Å². The molecular weight excluding hydrogens is 242 g/mol. The molecule has 1 aliphatic rings. The molecule has 1 heterocycles. The van der Waals surface area contributed by atoms with Crippen LogP contribution in [0.3, 0.4) is 0 Å². The summed E-state index contributed by atoms with van der Waals surface area (Å²) in [7, 11) is 0. The maximum atomic E-state index is 2.54. The molecule has 0 amide bonds. The Kier molecular flexibility index (Phi) is 3.52. The monoisotopic (exact) mass is 265 g/mol. The molecule has 0 unspecified atom stereocenters. The number of hydrogen-bond acceptors (Lipinski definition) is 1. The third-order valence-corrected chi connectivity index (χ3v) is 4.25. The van der Waals surface area contributed by atoms with E-state index in [0.29, 0.717) is 6.04 Å². The highest BCUT2D eigenvalue weighted by Crippen LogP contribution is 2.33. The zero-order valence-electron chi connectivity index (χ0n) is 12.7. The number of fused-ring (bicyclic) bond motifs is 1. The van der Waals surface area contributed by atoms with Crippen molar-refractivity contribution in [2.75, 3.05) is 11.4 Å². The molecular formula is C19H23N. The number of rotatable bonds is 2. The normalized spacial score (nSPS) is 14.5. The average molecular weight is 265 g/mol. The second-order valence-electron chi connectivity index (χ2n) is 6.10. The van der Waals surface area contributed by atoms with E-state index < -0.39 is 0 Å². The Morgan fingerprint density at radius 3 is 2.35 bits per heavy atom. The van der Waals surface area contributed by atoms with Crippen LogP contribution in [0.25, 0.3) is 11.1 Å². The third-order valence-electron chi connectivity index (χ3n) is 4.25. The molecule has 3 rings (SSSR count). The Balaban J connectivity index is 2.03. The number of aryl methyl sites for hydroxylation is 2. The Morgan fingerprint density at radius 2 is 1.65 bits per heavy atom. The van der Waals surface area contributed by atoms with E-state index in [1.54, 1.807) is 0 Å². The quantitative estimate of drug-likeness (QED) is 0.752. The number of nitrogens with zero attached hydrogens (tertiary/aromatic N) is 1. The number of anilines is 1. The lowest BCUT2D eigenvalue weighted by Crippen LogP contribution is -2.35. The van der Waals surface area contributed by atoms with Gasteiger partial charge < -0.3 is 4.90 Å². The number of benzene rings is 2. The topological polar surface area (TPSA) is 3.24 Å². The first kappa shape index (κ1) is 13.2. The molecule has 20 heavy (non-hydrogen) atoms. The van der Waals surface area contributed by atoms with Crippen molar-refractivity contribution >= 4 is 5.69 Å². The minimum Gasteiger partial charge on any atom is -0.369 e. The predicted octanol–water partition coefficient (Wildman–Crippen LogP) is 4.82. The first-order valence-electron chi connectivity index (χ1n) is 7.62. The maximum Gasteiger partial charge on any atom is 0.0407 e. The van der Waals surface area contributed by atoms with Gasteiger partial charge in [-0.2, -0.15) is 0 Å². The molecule has 0 aliphatic carbocycles. The Bertz CT molecular complexity index is 596. The molecule has 104 valence electrons. The summed E-state index contributed by atoms with van der Waals surface area (Å²) in [5.74, 6) is 0. The second kappa shape index (κ2) is 5.32. The molecule has 0 saturated heterocycles. The molecule has 0 saturated carbocycles. The maximum absolute atomic E-state index is 2.54. The van der Waals surface area contributed by atoms with Gasteiger partial charge in [-0.05, 0) is 56.4 Å². The van der Waals surface area contributed by atoms with Crippen LogP contribution in [0.15, 0.2) is 42.5 Å². The van der Waals surface area contributed by atoms with Gasteiger partial charge in [-0.1, -0.05) is 42.0 Å². The molecule has 1 heteroatoms. The van der Waals surface area contributed by atoms with Gasteiger partial charge in [-0.3, -0.25) is 0 Å². The summed E-state index contributed by atoms with van der Waals surface area (Å²) in [5.41, 5.74) is 6.89. The summed E-state index contributed by atoms with van der Waals surface area (Å²) in [4.78, 5) is 2.54. The van der Waals surface area contributed by atoms with Crippen LogP contribution in [0, 0.1) is 6.92 Å². The van der Waals surface area contributed by atoms with Crippen LogP contribution in [0.5, 0.6) is 0 Å². The van der Waals surface area contributed by atoms with E-state index in [2.05, 4.69) is 68.1 Å². The van der Waals surface area contributed by atoms with Gasteiger partial charge in [-0.25, -0.2) is 0 Å². The van der Waals surface area contributed by atoms with Crippen LogP contribution in [0.4, 0.5) is 5.69 Å². The van der Waals surface area contributed by atoms with Crippen LogP contribution < -0.4 is 4.90 Å². The highest BCUT2D eigenvalue weighted by atomic mass is 15.2. The molecule has 0 aromatic heterocycles. The van der Waals surface area contributed by atoms with E-state index >= 15 is 0 Å². The minimum atomic E-state index is 0.572. The molecule has 0 spiro atoms. The minimum absolute atomic E-state index is 0.572. The fraction of sp³-hybridized carbons (Fsp3) is 0.368. The van der Waals surface area contributed by atoms with E-state index in [-0.39, 0.29) is 0 Å². The Hall–Kier alpha value is -1.76. The van der Waals surface area contributed by atoms with E-state index in [4.69, 9.17) is 0 Å². The summed E-state index contributed by atoms with van der Waals surface area (Å²) in [6.45, 7) is 7.89. The summed E-state index contributed by atoms with van der Waals surface area (Å²) in [5, 5.41) is 0. The molecule has 0 bridgehead atoms. The van der Waals surface area contributed by atoms with Gasteiger partial charge in [0.25, 0.3) is 0 Å². The molecule has 2 aromatic carbocycles. The number of hydrogen-bond donors (Lipinski definition) is 0. The first-order valence-corrected chi connectivity index (χ1v) is 7.62. The predicted molar refractivity (Wildman–Crippen MR) is 87.4 cm³/mol. The summed E-state index contributed by atoms with van der Waals surface area (Å²) in [6.07, 6.45) is 2.49.